The van der Waals surface area contributed by atoms with E-state index in [4.69, 9.17) is 0 Å². The number of carbonyl (C=O) groups is 1. The van der Waals surface area contributed by atoms with Crippen LogP contribution in [0.3, 0.4) is 0 Å². The molecule has 0 aliphatic heterocycles. The van der Waals surface area contributed by atoms with Crippen molar-refractivity contribution in [2.45, 2.75) is 20.4 Å². The molecule has 0 bridgehead atoms. The van der Waals surface area contributed by atoms with Gasteiger partial charge in [-0.1, -0.05) is 0 Å². The van der Waals surface area contributed by atoms with E-state index in [0.29, 0.717) is 13.1 Å². The maximum atomic E-state index is 11.4. The van der Waals surface area contributed by atoms with E-state index in [-0.39, 0.29) is 5.91 Å². The summed E-state index contributed by atoms with van der Waals surface area (Å²) in [4.78, 5) is 17.6. The van der Waals surface area contributed by atoms with Gasteiger partial charge in [0.05, 0.1) is 12.2 Å². The van der Waals surface area contributed by atoms with Gasteiger partial charge in [0.25, 0.3) is 0 Å². The molecule has 0 spiro atoms. The number of anilines is 2. The minimum absolute atomic E-state index is 0.0317. The summed E-state index contributed by atoms with van der Waals surface area (Å²) in [6.45, 7) is 4.85. The van der Waals surface area contributed by atoms with Crippen molar-refractivity contribution in [3.63, 3.8) is 0 Å². The van der Waals surface area contributed by atoms with Gasteiger partial charge in [0.1, 0.15) is 0 Å². The number of hydrogen-bond acceptors (Lipinski definition) is 5. The van der Waals surface area contributed by atoms with Crippen LogP contribution in [0.25, 0.3) is 0 Å². The highest BCUT2D eigenvalue weighted by Crippen LogP contribution is 2.21. The molecule has 96 valence electrons. The minimum atomic E-state index is 0.0317. The molecule has 0 atom stereocenters. The fraction of sp³-hybridized carbons (Fsp3) is 0.333. The Morgan fingerprint density at radius 1 is 1.50 bits per heavy atom. The molecule has 0 aliphatic carbocycles. The van der Waals surface area contributed by atoms with Gasteiger partial charge in [0.15, 0.2) is 5.13 Å². The van der Waals surface area contributed by atoms with Crippen LogP contribution in [0.15, 0.2) is 22.2 Å². The summed E-state index contributed by atoms with van der Waals surface area (Å²) < 4.78 is 0. The van der Waals surface area contributed by atoms with Gasteiger partial charge in [-0.15, -0.1) is 11.3 Å². The molecular weight excluding hydrogens is 266 g/mol. The zero-order valence-corrected chi connectivity index (χ0v) is 12.0. The molecule has 0 unspecified atom stereocenters. The van der Waals surface area contributed by atoms with E-state index in [0.717, 1.165) is 16.5 Å². The maximum absolute atomic E-state index is 11.4. The molecule has 0 radical (unpaired) electrons. The summed E-state index contributed by atoms with van der Waals surface area (Å²) in [5, 5.41) is 10.1. The van der Waals surface area contributed by atoms with Crippen LogP contribution in [-0.2, 0) is 11.3 Å². The van der Waals surface area contributed by atoms with Gasteiger partial charge in [-0.25, -0.2) is 4.98 Å². The van der Waals surface area contributed by atoms with Crippen LogP contribution in [0, 0.1) is 0 Å². The van der Waals surface area contributed by atoms with Crippen LogP contribution in [-0.4, -0.2) is 17.4 Å². The molecule has 0 saturated heterocycles. The number of thiazole rings is 1. The van der Waals surface area contributed by atoms with E-state index < -0.39 is 0 Å². The lowest BCUT2D eigenvalue weighted by Crippen LogP contribution is -2.27. The molecule has 4 nitrogen and oxygen atoms in total. The van der Waals surface area contributed by atoms with Crippen molar-refractivity contribution in [3.05, 3.63) is 27.9 Å². The van der Waals surface area contributed by atoms with Gasteiger partial charge >= 0.3 is 0 Å². The van der Waals surface area contributed by atoms with Crippen LogP contribution in [0.5, 0.6) is 0 Å². The number of rotatable bonds is 5. The Labute approximate surface area is 114 Å². The monoisotopic (exact) mass is 281 g/mol. The quantitative estimate of drug-likeness (QED) is 0.915. The number of nitrogens with zero attached hydrogens (tertiary/aromatic N) is 2. The maximum Gasteiger partial charge on any atom is 0.225 e. The topological polar surface area (TPSA) is 45.2 Å². The van der Waals surface area contributed by atoms with Crippen LogP contribution in [0.1, 0.15) is 19.5 Å². The lowest BCUT2D eigenvalue weighted by Gasteiger charge is -2.14. The summed E-state index contributed by atoms with van der Waals surface area (Å²) in [7, 11) is 0. The molecule has 0 fully saturated rings. The molecule has 2 aromatic rings. The minimum Gasteiger partial charge on any atom is -0.379 e. The molecule has 2 rings (SSSR count). The second-order valence-corrected chi connectivity index (χ2v) is 5.37. The second kappa shape index (κ2) is 5.97. The molecular formula is C12H15N3OS2. The van der Waals surface area contributed by atoms with Gasteiger partial charge in [-0.2, -0.15) is 11.3 Å². The van der Waals surface area contributed by atoms with Gasteiger partial charge in [-0.3, -0.25) is 9.69 Å². The highest BCUT2D eigenvalue weighted by atomic mass is 32.1. The van der Waals surface area contributed by atoms with Gasteiger partial charge in [0, 0.05) is 29.9 Å². The highest BCUT2D eigenvalue weighted by molar-refractivity contribution is 7.14. The average Bonchev–Trinajstić information content (AvgIpc) is 2.97. The van der Waals surface area contributed by atoms with Crippen molar-refractivity contribution in [1.29, 1.82) is 0 Å². The normalized spacial score (nSPS) is 10.3. The molecule has 0 aliphatic rings. The SMILES string of the molecule is CCN(C(C)=O)c1nc(CNc2ccsc2)cs1. The molecule has 2 heterocycles. The number of thiophene rings is 1. The van der Waals surface area contributed by atoms with E-state index in [1.54, 1.807) is 23.2 Å². The first-order chi connectivity index (χ1) is 8.70. The number of nitrogens with one attached hydrogen (secondary N) is 1. The second-order valence-electron chi connectivity index (χ2n) is 3.75. The predicted octanol–water partition coefficient (Wildman–Crippen LogP) is 3.19. The first-order valence-corrected chi connectivity index (χ1v) is 7.51. The molecule has 0 aromatic carbocycles. The number of amides is 1. The molecule has 6 heteroatoms. The summed E-state index contributed by atoms with van der Waals surface area (Å²) in [5.74, 6) is 0.0317. The standard InChI is InChI=1S/C12H15N3OS2/c1-3-15(9(2)16)12-14-11(8-18-12)6-13-10-4-5-17-7-10/h4-5,7-8,13H,3,6H2,1-2H3. The number of aromatic nitrogens is 1. The molecule has 18 heavy (non-hydrogen) atoms. The van der Waals surface area contributed by atoms with Crippen LogP contribution in [0.2, 0.25) is 0 Å². The lowest BCUT2D eigenvalue weighted by atomic mass is 10.4. The molecule has 1 N–H and O–H groups in total. The van der Waals surface area contributed by atoms with Crippen molar-refractivity contribution < 1.29 is 4.79 Å². The average molecular weight is 281 g/mol. The van der Waals surface area contributed by atoms with Crippen LogP contribution in [0.4, 0.5) is 10.8 Å². The zero-order valence-electron chi connectivity index (χ0n) is 10.3. The first-order valence-electron chi connectivity index (χ1n) is 5.69. The van der Waals surface area contributed by atoms with Crippen LogP contribution < -0.4 is 10.2 Å². The Morgan fingerprint density at radius 2 is 2.33 bits per heavy atom. The van der Waals surface area contributed by atoms with Crippen molar-refractivity contribution in [2.75, 3.05) is 16.8 Å². The zero-order chi connectivity index (χ0) is 13.0. The lowest BCUT2D eigenvalue weighted by molar-refractivity contribution is -0.116. The summed E-state index contributed by atoms with van der Waals surface area (Å²) >= 11 is 3.16. The molecule has 0 saturated carbocycles. The third-order valence-corrected chi connectivity index (χ3v) is 4.06. The predicted molar refractivity (Wildman–Crippen MR) is 77.5 cm³/mol. The summed E-state index contributed by atoms with van der Waals surface area (Å²) in [6, 6.07) is 2.03. The third kappa shape index (κ3) is 3.08. The Balaban J connectivity index is 1.99. The van der Waals surface area contributed by atoms with Crippen molar-refractivity contribution >= 4 is 39.4 Å². The Morgan fingerprint density at radius 3 is 2.94 bits per heavy atom. The van der Waals surface area contributed by atoms with Crippen molar-refractivity contribution in [3.8, 4) is 0 Å². The summed E-state index contributed by atoms with van der Waals surface area (Å²) in [6.07, 6.45) is 0. The van der Waals surface area contributed by atoms with Crippen molar-refractivity contribution in [2.24, 2.45) is 0 Å². The fourth-order valence-electron chi connectivity index (χ4n) is 1.55. The number of carbonyl (C=O) groups excluding carboxylic acids is 1. The van der Waals surface area contributed by atoms with Crippen LogP contribution >= 0.6 is 22.7 Å². The van der Waals surface area contributed by atoms with E-state index in [1.807, 2.05) is 23.8 Å². The van der Waals surface area contributed by atoms with Crippen molar-refractivity contribution in [1.82, 2.24) is 4.98 Å². The highest BCUT2D eigenvalue weighted by Gasteiger charge is 2.13. The van der Waals surface area contributed by atoms with Gasteiger partial charge in [0.2, 0.25) is 5.91 Å². The Hall–Kier alpha value is -1.40. The number of hydrogen-bond donors (Lipinski definition) is 1. The third-order valence-electron chi connectivity index (χ3n) is 2.46. The van der Waals surface area contributed by atoms with E-state index in [1.165, 1.54) is 11.3 Å². The van der Waals surface area contributed by atoms with Gasteiger partial charge in [-0.05, 0) is 18.4 Å². The van der Waals surface area contributed by atoms with E-state index in [9.17, 15) is 4.79 Å². The Bertz CT molecular complexity index is 507. The molecule has 2 aromatic heterocycles. The fourth-order valence-corrected chi connectivity index (χ4v) is 3.10. The smallest absolute Gasteiger partial charge is 0.225 e. The Kier molecular flexibility index (Phi) is 4.33. The summed E-state index contributed by atoms with van der Waals surface area (Å²) in [5.41, 5.74) is 2.06. The van der Waals surface area contributed by atoms with E-state index in [2.05, 4.69) is 15.7 Å². The van der Waals surface area contributed by atoms with E-state index >= 15 is 0 Å². The molecule has 1 amide bonds. The van der Waals surface area contributed by atoms with Gasteiger partial charge < -0.3 is 5.32 Å². The largest absolute Gasteiger partial charge is 0.379 e. The first kappa shape index (κ1) is 13.0.